The van der Waals surface area contributed by atoms with Crippen LogP contribution in [0.15, 0.2) is 23.0 Å². The van der Waals surface area contributed by atoms with Crippen LogP contribution in [0, 0.1) is 6.92 Å². The van der Waals surface area contributed by atoms with E-state index in [0.717, 1.165) is 5.52 Å². The summed E-state index contributed by atoms with van der Waals surface area (Å²) in [6, 6.07) is 5.34. The van der Waals surface area contributed by atoms with Gasteiger partial charge in [-0.3, -0.25) is 9.59 Å². The molecule has 0 bridgehead atoms. The van der Waals surface area contributed by atoms with E-state index < -0.39 is 0 Å². The van der Waals surface area contributed by atoms with Crippen molar-refractivity contribution in [2.45, 2.75) is 20.4 Å². The lowest BCUT2D eigenvalue weighted by Gasteiger charge is -2.27. The summed E-state index contributed by atoms with van der Waals surface area (Å²) in [4.78, 5) is 30.7. The highest BCUT2D eigenvalue weighted by Gasteiger charge is 2.19. The number of hydrogen-bond donors (Lipinski definition) is 0. The molecule has 3 rings (SSSR count). The number of hydrogen-bond acceptors (Lipinski definition) is 4. The van der Waals surface area contributed by atoms with Crippen molar-refractivity contribution in [2.75, 3.05) is 26.3 Å². The monoisotopic (exact) mass is 301 g/mol. The number of fused-ring (bicyclic) bond motifs is 1. The van der Waals surface area contributed by atoms with Gasteiger partial charge in [0.2, 0.25) is 0 Å². The fourth-order valence-corrected chi connectivity index (χ4v) is 2.77. The minimum absolute atomic E-state index is 0.0149. The molecule has 1 aromatic carbocycles. The molecule has 1 aliphatic rings. The summed E-state index contributed by atoms with van der Waals surface area (Å²) < 4.78 is 6.95. The van der Waals surface area contributed by atoms with Gasteiger partial charge in [-0.15, -0.1) is 0 Å². The molecule has 22 heavy (non-hydrogen) atoms. The van der Waals surface area contributed by atoms with E-state index in [2.05, 4.69) is 4.98 Å². The molecule has 116 valence electrons. The van der Waals surface area contributed by atoms with Gasteiger partial charge in [-0.1, -0.05) is 0 Å². The molecule has 2 heterocycles. The molecule has 1 aromatic heterocycles. The first-order chi connectivity index (χ1) is 10.6. The van der Waals surface area contributed by atoms with Crippen molar-refractivity contribution in [3.8, 4) is 0 Å². The van der Waals surface area contributed by atoms with Gasteiger partial charge in [0.15, 0.2) is 0 Å². The third-order valence-electron chi connectivity index (χ3n) is 3.97. The zero-order valence-corrected chi connectivity index (χ0v) is 12.8. The topological polar surface area (TPSA) is 64.4 Å². The maximum atomic E-state index is 12.5. The van der Waals surface area contributed by atoms with Crippen LogP contribution in [0.3, 0.4) is 0 Å². The molecule has 0 atom stereocenters. The van der Waals surface area contributed by atoms with Crippen LogP contribution < -0.4 is 5.56 Å². The number of ether oxygens (including phenoxy) is 1. The van der Waals surface area contributed by atoms with E-state index in [4.69, 9.17) is 4.74 Å². The molecule has 0 unspecified atom stereocenters. The van der Waals surface area contributed by atoms with E-state index in [1.165, 1.54) is 0 Å². The second-order valence-electron chi connectivity index (χ2n) is 5.35. The van der Waals surface area contributed by atoms with E-state index in [1.807, 2.05) is 6.92 Å². The number of aromatic nitrogens is 2. The minimum Gasteiger partial charge on any atom is -0.378 e. The number of benzene rings is 1. The first-order valence-corrected chi connectivity index (χ1v) is 7.50. The predicted octanol–water partition coefficient (Wildman–Crippen LogP) is 1.20. The van der Waals surface area contributed by atoms with Gasteiger partial charge in [-0.2, -0.15) is 0 Å². The molecule has 6 heteroatoms. The first-order valence-electron chi connectivity index (χ1n) is 7.50. The number of morpholine rings is 1. The van der Waals surface area contributed by atoms with Gasteiger partial charge in [0.05, 0.1) is 24.2 Å². The summed E-state index contributed by atoms with van der Waals surface area (Å²) >= 11 is 0. The standard InChI is InChI=1S/C16H19N3O3/c1-3-19-14-5-4-12(10-13(14)17-11(2)15(19)20)16(21)18-6-8-22-9-7-18/h4-5,10H,3,6-9H2,1-2H3. The third-order valence-corrected chi connectivity index (χ3v) is 3.97. The van der Waals surface area contributed by atoms with Crippen molar-refractivity contribution in [3.63, 3.8) is 0 Å². The van der Waals surface area contributed by atoms with Gasteiger partial charge in [0.1, 0.15) is 5.69 Å². The molecule has 0 saturated carbocycles. The SMILES string of the molecule is CCn1c(=O)c(C)nc2cc(C(=O)N3CCOCC3)ccc21. The summed E-state index contributed by atoms with van der Waals surface area (Å²) in [6.45, 7) is 6.57. The molecule has 0 N–H and O–H groups in total. The minimum atomic E-state index is -0.0812. The lowest BCUT2D eigenvalue weighted by Crippen LogP contribution is -2.40. The average molecular weight is 301 g/mol. The lowest BCUT2D eigenvalue weighted by molar-refractivity contribution is 0.0303. The maximum Gasteiger partial charge on any atom is 0.272 e. The summed E-state index contributed by atoms with van der Waals surface area (Å²) in [5.74, 6) is -0.0149. The van der Waals surface area contributed by atoms with E-state index in [-0.39, 0.29) is 11.5 Å². The molecule has 0 radical (unpaired) electrons. The zero-order valence-electron chi connectivity index (χ0n) is 12.8. The Bertz CT molecular complexity index is 776. The number of carbonyl (C=O) groups is 1. The van der Waals surface area contributed by atoms with Crippen LogP contribution in [0.1, 0.15) is 23.0 Å². The Labute approximate surface area is 128 Å². The van der Waals surface area contributed by atoms with E-state index in [1.54, 1.807) is 34.6 Å². The fraction of sp³-hybridized carbons (Fsp3) is 0.438. The van der Waals surface area contributed by atoms with E-state index in [9.17, 15) is 9.59 Å². The van der Waals surface area contributed by atoms with Gasteiger partial charge < -0.3 is 14.2 Å². The molecular weight excluding hydrogens is 282 g/mol. The highest BCUT2D eigenvalue weighted by atomic mass is 16.5. The number of carbonyl (C=O) groups excluding carboxylic acids is 1. The normalized spacial score (nSPS) is 15.3. The van der Waals surface area contributed by atoms with Crippen molar-refractivity contribution in [1.82, 2.24) is 14.5 Å². The van der Waals surface area contributed by atoms with Crippen LogP contribution in [0.25, 0.3) is 11.0 Å². The maximum absolute atomic E-state index is 12.5. The Balaban J connectivity index is 2.04. The molecule has 2 aromatic rings. The Morgan fingerprint density at radius 2 is 2.05 bits per heavy atom. The molecule has 1 aliphatic heterocycles. The Morgan fingerprint density at radius 3 is 2.73 bits per heavy atom. The molecule has 0 aliphatic carbocycles. The van der Waals surface area contributed by atoms with Gasteiger partial charge in [0, 0.05) is 25.2 Å². The van der Waals surface area contributed by atoms with Crippen molar-refractivity contribution in [3.05, 3.63) is 39.8 Å². The van der Waals surface area contributed by atoms with Crippen LogP contribution in [0.4, 0.5) is 0 Å². The van der Waals surface area contributed by atoms with Crippen molar-refractivity contribution < 1.29 is 9.53 Å². The van der Waals surface area contributed by atoms with Gasteiger partial charge >= 0.3 is 0 Å². The van der Waals surface area contributed by atoms with E-state index in [0.29, 0.717) is 49.6 Å². The van der Waals surface area contributed by atoms with Crippen LogP contribution >= 0.6 is 0 Å². The summed E-state index contributed by atoms with van der Waals surface area (Å²) in [5.41, 5.74) is 2.41. The van der Waals surface area contributed by atoms with Crippen molar-refractivity contribution >= 4 is 16.9 Å². The summed E-state index contributed by atoms with van der Waals surface area (Å²) in [7, 11) is 0. The highest BCUT2D eigenvalue weighted by molar-refractivity contribution is 5.97. The predicted molar refractivity (Wildman–Crippen MR) is 83.1 cm³/mol. The molecule has 0 spiro atoms. The van der Waals surface area contributed by atoms with Crippen LogP contribution in [-0.2, 0) is 11.3 Å². The van der Waals surface area contributed by atoms with Crippen molar-refractivity contribution in [2.24, 2.45) is 0 Å². The third kappa shape index (κ3) is 2.50. The van der Waals surface area contributed by atoms with Gasteiger partial charge in [-0.25, -0.2) is 4.98 Å². The van der Waals surface area contributed by atoms with Crippen LogP contribution in [0.5, 0.6) is 0 Å². The number of rotatable bonds is 2. The number of aryl methyl sites for hydroxylation is 2. The molecule has 1 amide bonds. The second kappa shape index (κ2) is 5.88. The molecule has 1 saturated heterocycles. The molecule has 6 nitrogen and oxygen atoms in total. The quantitative estimate of drug-likeness (QED) is 0.836. The first kappa shape index (κ1) is 14.7. The van der Waals surface area contributed by atoms with Gasteiger partial charge in [-0.05, 0) is 32.0 Å². The Kier molecular flexibility index (Phi) is 3.94. The summed E-state index contributed by atoms with van der Waals surface area (Å²) in [5, 5.41) is 0. The largest absolute Gasteiger partial charge is 0.378 e. The fourth-order valence-electron chi connectivity index (χ4n) is 2.77. The lowest BCUT2D eigenvalue weighted by atomic mass is 10.1. The molecule has 1 fully saturated rings. The summed E-state index contributed by atoms with van der Waals surface area (Å²) in [6.07, 6.45) is 0. The van der Waals surface area contributed by atoms with Crippen LogP contribution in [0.2, 0.25) is 0 Å². The Hall–Kier alpha value is -2.21. The van der Waals surface area contributed by atoms with Crippen LogP contribution in [-0.4, -0.2) is 46.7 Å². The highest BCUT2D eigenvalue weighted by Crippen LogP contribution is 2.15. The van der Waals surface area contributed by atoms with Gasteiger partial charge in [0.25, 0.3) is 11.5 Å². The molecular formula is C16H19N3O3. The second-order valence-corrected chi connectivity index (χ2v) is 5.35. The zero-order chi connectivity index (χ0) is 15.7. The number of amides is 1. The van der Waals surface area contributed by atoms with Crippen molar-refractivity contribution in [1.29, 1.82) is 0 Å². The average Bonchev–Trinajstić information content (AvgIpc) is 2.56. The smallest absolute Gasteiger partial charge is 0.272 e. The number of nitrogens with zero attached hydrogens (tertiary/aromatic N) is 3. The Morgan fingerprint density at radius 1 is 1.32 bits per heavy atom. The van der Waals surface area contributed by atoms with E-state index >= 15 is 0 Å².